The number of halogens is 2. The molecular weight excluding hydrogens is 456 g/mol. The van der Waals surface area contributed by atoms with E-state index >= 15 is 0 Å². The molecule has 0 spiro atoms. The van der Waals surface area contributed by atoms with Crippen molar-refractivity contribution in [3.63, 3.8) is 0 Å². The zero-order valence-electron chi connectivity index (χ0n) is 19.2. The van der Waals surface area contributed by atoms with Crippen molar-refractivity contribution in [3.05, 3.63) is 71.6 Å². The van der Waals surface area contributed by atoms with Gasteiger partial charge in [-0.3, -0.25) is 9.59 Å². The molecule has 1 aliphatic rings. The van der Waals surface area contributed by atoms with Gasteiger partial charge in [-0.1, -0.05) is 0 Å². The third-order valence-electron chi connectivity index (χ3n) is 6.08. The van der Waals surface area contributed by atoms with Crippen LogP contribution >= 0.6 is 0 Å². The largest absolute Gasteiger partial charge is 0.463 e. The van der Waals surface area contributed by atoms with Crippen molar-refractivity contribution in [1.29, 1.82) is 0 Å². The van der Waals surface area contributed by atoms with E-state index in [0.717, 1.165) is 12.1 Å². The van der Waals surface area contributed by atoms with Crippen molar-refractivity contribution < 1.29 is 22.8 Å². The highest BCUT2D eigenvalue weighted by molar-refractivity contribution is 6.06. The minimum absolute atomic E-state index is 0.0423. The van der Waals surface area contributed by atoms with Crippen LogP contribution in [-0.4, -0.2) is 62.6 Å². The molecule has 0 unspecified atom stereocenters. The van der Waals surface area contributed by atoms with Crippen molar-refractivity contribution in [1.82, 2.24) is 24.6 Å². The molecule has 0 bridgehead atoms. The second kappa shape index (κ2) is 8.94. The lowest BCUT2D eigenvalue weighted by Gasteiger charge is -2.35. The predicted molar refractivity (Wildman–Crippen MR) is 124 cm³/mol. The fourth-order valence-corrected chi connectivity index (χ4v) is 4.22. The minimum atomic E-state index is -1.07. The summed E-state index contributed by atoms with van der Waals surface area (Å²) in [6.45, 7) is 5.11. The number of hydrogen-bond acceptors (Lipinski definition) is 5. The Labute approximate surface area is 199 Å². The number of benzene rings is 1. The number of fused-ring (bicyclic) bond motifs is 1. The molecule has 0 radical (unpaired) electrons. The summed E-state index contributed by atoms with van der Waals surface area (Å²) in [5.74, 6) is -2.13. The number of amides is 2. The van der Waals surface area contributed by atoms with Crippen LogP contribution in [0.1, 0.15) is 40.6 Å². The first-order chi connectivity index (χ1) is 16.8. The standard InChI is InChI=1S/C25H23F2N5O3/c1-15(2)32-23-18(14-28-32)17(13-21(29-23)22-4-3-11-35-22)25(34)31-9-7-30(8-10-31)24(33)16-5-6-19(26)20(27)12-16/h3-6,11-15H,7-10H2,1-2H3. The second-order valence-corrected chi connectivity index (χ2v) is 8.67. The van der Waals surface area contributed by atoms with E-state index in [4.69, 9.17) is 9.40 Å². The van der Waals surface area contributed by atoms with Gasteiger partial charge < -0.3 is 14.2 Å². The van der Waals surface area contributed by atoms with Gasteiger partial charge in [0.25, 0.3) is 11.8 Å². The zero-order chi connectivity index (χ0) is 24.7. The Morgan fingerprint density at radius 2 is 1.69 bits per heavy atom. The lowest BCUT2D eigenvalue weighted by atomic mass is 10.1. The fraction of sp³-hybridized carbons (Fsp3) is 0.280. The number of aromatic nitrogens is 3. The highest BCUT2D eigenvalue weighted by atomic mass is 19.2. The number of carbonyl (C=O) groups is 2. The van der Waals surface area contributed by atoms with E-state index in [1.807, 2.05) is 13.8 Å². The summed E-state index contributed by atoms with van der Waals surface area (Å²) in [5, 5.41) is 5.07. The molecule has 1 fully saturated rings. The highest BCUT2D eigenvalue weighted by Crippen LogP contribution is 2.28. The summed E-state index contributed by atoms with van der Waals surface area (Å²) in [6.07, 6.45) is 3.19. The van der Waals surface area contributed by atoms with Crippen molar-refractivity contribution in [2.75, 3.05) is 26.2 Å². The van der Waals surface area contributed by atoms with Crippen LogP contribution in [-0.2, 0) is 0 Å². The topological polar surface area (TPSA) is 84.5 Å². The predicted octanol–water partition coefficient (Wildman–Crippen LogP) is 4.15. The lowest BCUT2D eigenvalue weighted by molar-refractivity contribution is 0.0536. The van der Waals surface area contributed by atoms with Gasteiger partial charge >= 0.3 is 0 Å². The maximum Gasteiger partial charge on any atom is 0.254 e. The quantitative estimate of drug-likeness (QED) is 0.439. The van der Waals surface area contributed by atoms with Gasteiger partial charge in [-0.15, -0.1) is 0 Å². The molecule has 4 aromatic rings. The number of piperazine rings is 1. The molecule has 5 rings (SSSR count). The summed E-state index contributed by atoms with van der Waals surface area (Å²) >= 11 is 0. The Hall–Kier alpha value is -4.08. The van der Waals surface area contributed by atoms with Crippen LogP contribution in [0, 0.1) is 11.6 Å². The number of rotatable bonds is 4. The third-order valence-corrected chi connectivity index (χ3v) is 6.08. The van der Waals surface area contributed by atoms with Crippen LogP contribution in [0.25, 0.3) is 22.5 Å². The zero-order valence-corrected chi connectivity index (χ0v) is 19.2. The van der Waals surface area contributed by atoms with Gasteiger partial charge in [0.05, 0.1) is 23.4 Å². The Bertz CT molecular complexity index is 1410. The number of nitrogens with zero attached hydrogens (tertiary/aromatic N) is 5. The smallest absolute Gasteiger partial charge is 0.254 e. The molecule has 8 nitrogen and oxygen atoms in total. The molecule has 0 aliphatic carbocycles. The maximum atomic E-state index is 13.6. The van der Waals surface area contributed by atoms with Crippen molar-refractivity contribution in [2.45, 2.75) is 19.9 Å². The van der Waals surface area contributed by atoms with Crippen LogP contribution in [0.5, 0.6) is 0 Å². The molecule has 3 aromatic heterocycles. The average molecular weight is 479 g/mol. The van der Waals surface area contributed by atoms with Crippen molar-refractivity contribution in [3.8, 4) is 11.5 Å². The summed E-state index contributed by atoms with van der Waals surface area (Å²) in [5.41, 5.74) is 1.64. The van der Waals surface area contributed by atoms with Gasteiger partial charge in [0.1, 0.15) is 5.69 Å². The molecule has 0 N–H and O–H groups in total. The first kappa shape index (κ1) is 22.7. The summed E-state index contributed by atoms with van der Waals surface area (Å²) in [4.78, 5) is 34.2. The second-order valence-electron chi connectivity index (χ2n) is 8.67. The first-order valence-electron chi connectivity index (χ1n) is 11.3. The summed E-state index contributed by atoms with van der Waals surface area (Å²) in [7, 11) is 0. The van der Waals surface area contributed by atoms with Gasteiger partial charge in [0, 0.05) is 37.8 Å². The fourth-order valence-electron chi connectivity index (χ4n) is 4.22. The van der Waals surface area contributed by atoms with Gasteiger partial charge in [-0.25, -0.2) is 18.4 Å². The molecular formula is C25H23F2N5O3. The Kier molecular flexibility index (Phi) is 5.80. The van der Waals surface area contributed by atoms with E-state index < -0.39 is 17.5 Å². The number of hydrogen-bond donors (Lipinski definition) is 0. The van der Waals surface area contributed by atoms with E-state index in [9.17, 15) is 18.4 Å². The Morgan fingerprint density at radius 1 is 0.971 bits per heavy atom. The van der Waals surface area contributed by atoms with Crippen LogP contribution in [0.2, 0.25) is 0 Å². The normalized spacial score (nSPS) is 14.2. The average Bonchev–Trinajstić information content (AvgIpc) is 3.55. The molecule has 0 atom stereocenters. The molecule has 1 saturated heterocycles. The van der Waals surface area contributed by atoms with E-state index in [-0.39, 0.29) is 30.6 Å². The van der Waals surface area contributed by atoms with Gasteiger partial charge in [0.2, 0.25) is 0 Å². The minimum Gasteiger partial charge on any atom is -0.463 e. The molecule has 180 valence electrons. The molecule has 10 heteroatoms. The van der Waals surface area contributed by atoms with E-state index in [1.54, 1.807) is 40.2 Å². The highest BCUT2D eigenvalue weighted by Gasteiger charge is 2.28. The maximum absolute atomic E-state index is 13.6. The molecule has 0 saturated carbocycles. The van der Waals surface area contributed by atoms with Gasteiger partial charge in [0.15, 0.2) is 23.0 Å². The lowest BCUT2D eigenvalue weighted by Crippen LogP contribution is -2.50. The molecule has 35 heavy (non-hydrogen) atoms. The Balaban J connectivity index is 1.40. The summed E-state index contributed by atoms with van der Waals surface area (Å²) < 4.78 is 34.1. The van der Waals surface area contributed by atoms with E-state index in [1.165, 1.54) is 11.0 Å². The van der Waals surface area contributed by atoms with Crippen LogP contribution in [0.15, 0.2) is 53.3 Å². The molecule has 1 aliphatic heterocycles. The van der Waals surface area contributed by atoms with Crippen molar-refractivity contribution >= 4 is 22.8 Å². The van der Waals surface area contributed by atoms with E-state index in [0.29, 0.717) is 41.1 Å². The molecule has 4 heterocycles. The SMILES string of the molecule is CC(C)n1ncc2c(C(=O)N3CCN(C(=O)c4ccc(F)c(F)c4)CC3)cc(-c3ccco3)nc21. The molecule has 1 aromatic carbocycles. The van der Waals surface area contributed by atoms with Crippen LogP contribution in [0.3, 0.4) is 0 Å². The van der Waals surface area contributed by atoms with Crippen molar-refractivity contribution in [2.24, 2.45) is 0 Å². The van der Waals surface area contributed by atoms with Gasteiger partial charge in [-0.2, -0.15) is 5.10 Å². The number of pyridine rings is 1. The number of carbonyl (C=O) groups excluding carboxylic acids is 2. The third kappa shape index (κ3) is 4.16. The monoisotopic (exact) mass is 479 g/mol. The molecule has 2 amide bonds. The first-order valence-corrected chi connectivity index (χ1v) is 11.3. The van der Waals surface area contributed by atoms with E-state index in [2.05, 4.69) is 5.10 Å². The van der Waals surface area contributed by atoms with Crippen LogP contribution in [0.4, 0.5) is 8.78 Å². The Morgan fingerprint density at radius 3 is 2.31 bits per heavy atom. The summed E-state index contributed by atoms with van der Waals surface area (Å²) in [6, 6.07) is 8.37. The van der Waals surface area contributed by atoms with Crippen LogP contribution < -0.4 is 0 Å². The number of furan rings is 1. The van der Waals surface area contributed by atoms with Gasteiger partial charge in [-0.05, 0) is 50.2 Å².